The van der Waals surface area contributed by atoms with Crippen LogP contribution >= 0.6 is 0 Å². The Morgan fingerprint density at radius 3 is 1.54 bits per heavy atom. The summed E-state index contributed by atoms with van der Waals surface area (Å²) in [5.41, 5.74) is 23.5. The number of aromatic nitrogens is 1. The van der Waals surface area contributed by atoms with Crippen molar-refractivity contribution in [2.24, 2.45) is 28.9 Å². The lowest BCUT2D eigenvalue weighted by atomic mass is 9.99. The van der Waals surface area contributed by atoms with Crippen molar-refractivity contribution in [1.82, 2.24) is 42.2 Å². The van der Waals surface area contributed by atoms with Gasteiger partial charge in [-0.25, -0.2) is 4.79 Å². The van der Waals surface area contributed by atoms with Gasteiger partial charge in [-0.1, -0.05) is 74.5 Å². The number of rotatable bonds is 30. The molecule has 0 saturated carbocycles. The number of hydrogen-bond donors (Lipinski definition) is 15. The largest absolute Gasteiger partial charge is 0.508 e. The molecule has 0 unspecified atom stereocenters. The van der Waals surface area contributed by atoms with E-state index in [9.17, 15) is 68.1 Å². The number of carbonyl (C=O) groups excluding carboxylic acids is 10. The van der Waals surface area contributed by atoms with Gasteiger partial charge in [0.1, 0.15) is 48.0 Å². The summed E-state index contributed by atoms with van der Waals surface area (Å²) in [6.45, 7) is 2.04. The van der Waals surface area contributed by atoms with E-state index in [1.807, 2.05) is 0 Å². The Kier molecular flexibility index (Phi) is 22.4. The summed E-state index contributed by atoms with van der Waals surface area (Å²) in [6.07, 6.45) is -1.31. The van der Waals surface area contributed by atoms with Crippen LogP contribution in [0.2, 0.25) is 0 Å². The fourth-order valence-corrected chi connectivity index (χ4v) is 7.74. The van der Waals surface area contributed by atoms with Crippen molar-refractivity contribution in [1.29, 1.82) is 0 Å². The minimum absolute atomic E-state index is 0.137. The quantitative estimate of drug-likeness (QED) is 0.0240. The third-order valence-corrected chi connectivity index (χ3v) is 11.8. The van der Waals surface area contributed by atoms with Crippen LogP contribution in [0.15, 0.2) is 85.1 Å². The average Bonchev–Trinajstić information content (AvgIpc) is 3.77. The number of benzene rings is 3. The van der Waals surface area contributed by atoms with E-state index in [4.69, 9.17) is 22.9 Å². The van der Waals surface area contributed by atoms with Crippen LogP contribution in [0.1, 0.15) is 56.2 Å². The number of phenols is 1. The molecule has 1 heterocycles. The standard InChI is InChI=1S/C50H64N12O14/c1-25(2)42(49(74)60-37(50(75)76)22-41(54)67)62-47(72)35(18-26-8-4-3-5-9-26)58-46(71)36(20-28-23-55-32-11-7-6-10-30(28)32)59-48(73)38(24-63)61-45(70)34(19-27-12-14-29(64)15-13-27)57-44(69)33(16-17-39(52)65)56-43(68)31(51)21-40(53)66/h3-15,23,25,31,33-38,42,55,63-64H,16-22,24,51H2,1-2H3,(H2,52,65)(H2,53,66)(H2,54,67)(H,56,68)(H,57,69)(H,58,71)(H,59,73)(H,60,74)(H,61,70)(H,62,72)(H,75,76)/t31-,33-,34-,35-,36-,37-,38-,42-/m0/s1. The molecule has 10 amide bonds. The summed E-state index contributed by atoms with van der Waals surface area (Å²) >= 11 is 0. The number of hydrogen-bond acceptors (Lipinski definition) is 14. The highest BCUT2D eigenvalue weighted by Crippen LogP contribution is 2.20. The SMILES string of the molecule is CC(C)[C@H](NC(=O)[C@H](Cc1ccccc1)NC(=O)[C@H](Cc1c[nH]c2ccccc12)NC(=O)[C@H](CO)NC(=O)[C@H](Cc1ccc(O)cc1)NC(=O)[C@H](CCC(N)=O)NC(=O)[C@@H](N)CC(N)=O)C(=O)N[C@@H](CC(N)=O)C(=O)O. The number of nitrogens with one attached hydrogen (secondary N) is 8. The van der Waals surface area contributed by atoms with Gasteiger partial charge in [-0.3, -0.25) is 47.9 Å². The predicted molar refractivity (Wildman–Crippen MR) is 271 cm³/mol. The van der Waals surface area contributed by atoms with Crippen LogP contribution in [0.5, 0.6) is 5.75 Å². The van der Waals surface area contributed by atoms with E-state index in [1.165, 1.54) is 24.3 Å². The molecular formula is C50H64N12O14. The van der Waals surface area contributed by atoms with Gasteiger partial charge in [0.2, 0.25) is 59.1 Å². The first-order valence-corrected chi connectivity index (χ1v) is 23.9. The van der Waals surface area contributed by atoms with E-state index < -0.39 is 152 Å². The van der Waals surface area contributed by atoms with E-state index in [-0.39, 0.29) is 25.0 Å². The van der Waals surface area contributed by atoms with Gasteiger partial charge in [-0.05, 0) is 47.2 Å². The zero-order valence-corrected chi connectivity index (χ0v) is 41.6. The van der Waals surface area contributed by atoms with Crippen molar-refractivity contribution in [3.8, 4) is 5.75 Å². The summed E-state index contributed by atoms with van der Waals surface area (Å²) < 4.78 is 0. The minimum atomic E-state index is -1.83. The highest BCUT2D eigenvalue weighted by Gasteiger charge is 2.36. The summed E-state index contributed by atoms with van der Waals surface area (Å²) in [5.74, 6) is -12.2. The van der Waals surface area contributed by atoms with E-state index in [0.29, 0.717) is 27.6 Å². The molecule has 19 N–H and O–H groups in total. The normalized spacial score (nSPS) is 14.2. The molecule has 0 radical (unpaired) electrons. The first-order valence-electron chi connectivity index (χ1n) is 23.9. The molecule has 0 aliphatic rings. The molecule has 76 heavy (non-hydrogen) atoms. The lowest BCUT2D eigenvalue weighted by molar-refractivity contribution is -0.144. The zero-order valence-electron chi connectivity index (χ0n) is 41.6. The Balaban J connectivity index is 1.66. The maximum absolute atomic E-state index is 14.6. The molecule has 408 valence electrons. The first kappa shape index (κ1) is 59.7. The number of aromatic amines is 1. The van der Waals surface area contributed by atoms with Crippen LogP contribution in [0.25, 0.3) is 10.9 Å². The molecule has 0 aliphatic heterocycles. The van der Waals surface area contributed by atoms with Gasteiger partial charge >= 0.3 is 5.97 Å². The van der Waals surface area contributed by atoms with Crippen LogP contribution < -0.4 is 60.2 Å². The van der Waals surface area contributed by atoms with Crippen molar-refractivity contribution in [3.63, 3.8) is 0 Å². The zero-order chi connectivity index (χ0) is 56.2. The molecule has 0 fully saturated rings. The van der Waals surface area contributed by atoms with E-state index in [0.717, 1.165) is 0 Å². The number of H-pyrrole nitrogens is 1. The molecule has 1 aromatic heterocycles. The van der Waals surface area contributed by atoms with Crippen molar-refractivity contribution in [3.05, 3.63) is 102 Å². The Morgan fingerprint density at radius 2 is 1.00 bits per heavy atom. The van der Waals surface area contributed by atoms with Crippen molar-refractivity contribution >= 4 is 75.9 Å². The number of fused-ring (bicyclic) bond motifs is 1. The van der Waals surface area contributed by atoms with Crippen LogP contribution in [0, 0.1) is 5.92 Å². The number of carbonyl (C=O) groups is 11. The third-order valence-electron chi connectivity index (χ3n) is 11.8. The van der Waals surface area contributed by atoms with Gasteiger partial charge in [0, 0.05) is 42.8 Å². The lowest BCUT2D eigenvalue weighted by Crippen LogP contribution is -2.61. The molecule has 3 aromatic carbocycles. The third kappa shape index (κ3) is 18.5. The first-order chi connectivity index (χ1) is 35.9. The molecule has 26 heteroatoms. The topological polar surface area (TPSA) is 453 Å². The van der Waals surface area contributed by atoms with Gasteiger partial charge < -0.3 is 80.5 Å². The second-order valence-electron chi connectivity index (χ2n) is 18.2. The average molecular weight is 1060 g/mol. The van der Waals surface area contributed by atoms with Crippen molar-refractivity contribution < 1.29 is 68.1 Å². The van der Waals surface area contributed by atoms with E-state index in [1.54, 1.807) is 74.6 Å². The maximum Gasteiger partial charge on any atom is 0.326 e. The molecule has 0 spiro atoms. The Bertz CT molecular complexity index is 2740. The van der Waals surface area contributed by atoms with Crippen LogP contribution in [-0.2, 0) is 72.0 Å². The van der Waals surface area contributed by atoms with Crippen molar-refractivity contribution in [2.45, 2.75) is 107 Å². The smallest absolute Gasteiger partial charge is 0.326 e. The van der Waals surface area contributed by atoms with Gasteiger partial charge in [-0.2, -0.15) is 0 Å². The number of phenolic OH excluding ortho intramolecular Hbond substituents is 1. The van der Waals surface area contributed by atoms with Crippen LogP contribution in [0.4, 0.5) is 0 Å². The monoisotopic (exact) mass is 1060 g/mol. The fraction of sp³-hybridized carbons (Fsp3) is 0.380. The number of para-hydroxylation sites is 1. The molecule has 26 nitrogen and oxygen atoms in total. The summed E-state index contributed by atoms with van der Waals surface area (Å²) in [5, 5.41) is 47.9. The summed E-state index contributed by atoms with van der Waals surface area (Å²) in [4.78, 5) is 147. The lowest BCUT2D eigenvalue weighted by Gasteiger charge is -2.28. The number of primary amides is 3. The van der Waals surface area contributed by atoms with Gasteiger partial charge in [0.05, 0.1) is 25.5 Å². The van der Waals surface area contributed by atoms with Gasteiger partial charge in [-0.15, -0.1) is 0 Å². The molecule has 0 bridgehead atoms. The fourth-order valence-electron chi connectivity index (χ4n) is 7.74. The number of nitrogens with two attached hydrogens (primary N) is 4. The maximum atomic E-state index is 14.6. The van der Waals surface area contributed by atoms with Crippen molar-refractivity contribution in [2.75, 3.05) is 6.61 Å². The number of carboxylic acid groups (broad SMARTS) is 1. The molecular weight excluding hydrogens is 993 g/mol. The number of aliphatic hydroxyl groups is 1. The predicted octanol–water partition coefficient (Wildman–Crippen LogP) is -3.63. The Morgan fingerprint density at radius 1 is 0.526 bits per heavy atom. The number of aromatic hydroxyl groups is 1. The second-order valence-corrected chi connectivity index (χ2v) is 18.2. The molecule has 0 saturated heterocycles. The molecule has 4 rings (SSSR count). The van der Waals surface area contributed by atoms with Gasteiger partial charge in [0.15, 0.2) is 0 Å². The number of amides is 10. The summed E-state index contributed by atoms with van der Waals surface area (Å²) in [7, 11) is 0. The number of aliphatic hydroxyl groups excluding tert-OH is 1. The van der Waals surface area contributed by atoms with Crippen LogP contribution in [0.3, 0.4) is 0 Å². The number of carboxylic acids is 1. The van der Waals surface area contributed by atoms with Crippen LogP contribution in [-0.4, -0.2) is 140 Å². The molecule has 4 aromatic rings. The van der Waals surface area contributed by atoms with E-state index >= 15 is 0 Å². The molecule has 8 atom stereocenters. The highest BCUT2D eigenvalue weighted by molar-refractivity contribution is 5.99. The summed E-state index contributed by atoms with van der Waals surface area (Å²) in [6, 6.07) is 8.17. The molecule has 0 aliphatic carbocycles. The highest BCUT2D eigenvalue weighted by atomic mass is 16.4. The Labute approximate surface area is 435 Å². The van der Waals surface area contributed by atoms with E-state index in [2.05, 4.69) is 42.2 Å². The second kappa shape index (κ2) is 28.5. The minimum Gasteiger partial charge on any atom is -0.508 e. The van der Waals surface area contributed by atoms with Gasteiger partial charge in [0.25, 0.3) is 0 Å². The number of aliphatic carboxylic acids is 1. The Hall–Kier alpha value is -8.91.